The fourth-order valence-electron chi connectivity index (χ4n) is 22.2. The average molecular weight is 1920 g/mol. The van der Waals surface area contributed by atoms with Crippen LogP contribution in [0, 0.1) is 0 Å². The molecule has 0 aliphatic heterocycles. The van der Waals surface area contributed by atoms with Crippen molar-refractivity contribution in [1.82, 2.24) is 62.3 Å². The second kappa shape index (κ2) is 37.1. The number of pyridine rings is 5. The first-order valence-electron chi connectivity index (χ1n) is 50.6. The second-order valence-corrected chi connectivity index (χ2v) is 37.9. The fraction of sp³-hybridized carbons (Fsp3) is 0. The monoisotopic (exact) mass is 1920 g/mol. The van der Waals surface area contributed by atoms with Gasteiger partial charge in [0.2, 0.25) is 0 Å². The maximum absolute atomic E-state index is 5.34. The van der Waals surface area contributed by atoms with Gasteiger partial charge < -0.3 is 9.13 Å². The Balaban J connectivity index is 0.000000108. The van der Waals surface area contributed by atoms with Gasteiger partial charge in [-0.25, -0.2) is 34.9 Å². The Bertz CT molecular complexity index is 9930. The molecule has 0 radical (unpaired) electrons. The van der Waals surface area contributed by atoms with Crippen LogP contribution in [0.3, 0.4) is 0 Å². The van der Waals surface area contributed by atoms with E-state index in [1.54, 1.807) is 0 Å². The molecule has 0 bridgehead atoms. The van der Waals surface area contributed by atoms with Gasteiger partial charge in [-0.15, -0.1) is 0 Å². The van der Waals surface area contributed by atoms with Crippen LogP contribution >= 0.6 is 0 Å². The lowest BCUT2D eigenvalue weighted by atomic mass is 10.0. The second-order valence-electron chi connectivity index (χ2n) is 37.9. The van der Waals surface area contributed by atoms with E-state index < -0.39 is 0 Å². The number of benzene rings is 18. The zero-order valence-electron chi connectivity index (χ0n) is 81.2. The van der Waals surface area contributed by atoms with Crippen LogP contribution in [-0.2, 0) is 0 Å². The van der Waals surface area contributed by atoms with E-state index in [1.807, 2.05) is 91.5 Å². The number of nitrogens with zero attached hydrogens (tertiary/aromatic N) is 13. The molecule has 0 fully saturated rings. The summed E-state index contributed by atoms with van der Waals surface area (Å²) < 4.78 is 13.9. The van der Waals surface area contributed by atoms with E-state index >= 15 is 0 Å². The first kappa shape index (κ1) is 87.4. The standard InChI is InChI=1S/2C46H30N4.C45H29N5/c1-4-13-31(14-5-1)35-27-41(32-15-6-2-7-16-32)48-45(30-35)50-42-21-11-10-19-37(42)38-24-22-34(29-44(38)50)33-23-25-39-40-20-12-26-47-46(40)49(43(39)28-33)36-17-8-3-9-18-36;1-4-13-31(14-5-1)41-29-36(30-42(48-41)32-15-6-2-7-16-32)49-43-21-11-10-19-37(43)38-24-22-33(27-44(38)49)34-23-25-39-40-20-12-26-47-46(40)50(45(39)28-34)35-17-8-3-9-18-35;1-4-13-30(14-5-1)43-42(29-47-44(48-43)31-15-6-2-7-16-31)50-39-21-11-10-19-35(39)36-24-22-33(28-41(36)50)32-23-25-37-38-20-12-26-46-45(38)49(40(37)27-32)34-17-8-3-9-18-34/h2*1-30H;1-29H. The molecule has 30 rings (SSSR count). The van der Waals surface area contributed by atoms with Crippen molar-refractivity contribution in [3.05, 3.63) is 540 Å². The lowest BCUT2D eigenvalue weighted by Gasteiger charge is -2.15. The smallest absolute Gasteiger partial charge is 0.159 e. The van der Waals surface area contributed by atoms with Crippen LogP contribution in [0.2, 0.25) is 0 Å². The van der Waals surface area contributed by atoms with Gasteiger partial charge in [0, 0.05) is 128 Å². The normalized spacial score (nSPS) is 11.6. The molecule has 12 heterocycles. The summed E-state index contributed by atoms with van der Waals surface area (Å²) in [5.74, 6) is 1.59. The van der Waals surface area contributed by atoms with Crippen LogP contribution in [0.1, 0.15) is 0 Å². The van der Waals surface area contributed by atoms with Gasteiger partial charge in [0.25, 0.3) is 0 Å². The van der Waals surface area contributed by atoms with Gasteiger partial charge >= 0.3 is 0 Å². The lowest BCUT2D eigenvalue weighted by Crippen LogP contribution is -2.02. The minimum absolute atomic E-state index is 0.700. The van der Waals surface area contributed by atoms with Gasteiger partial charge in [-0.05, 0) is 196 Å². The Kier molecular flexibility index (Phi) is 21.6. The molecule has 0 amide bonds. The van der Waals surface area contributed by atoms with Crippen molar-refractivity contribution in [2.45, 2.75) is 0 Å². The summed E-state index contributed by atoms with van der Waals surface area (Å²) in [6.45, 7) is 0. The lowest BCUT2D eigenvalue weighted by molar-refractivity contribution is 1.08. The van der Waals surface area contributed by atoms with Gasteiger partial charge in [-0.1, -0.05) is 364 Å². The SMILES string of the molecule is c1ccc(-c2cc(-c3ccccc3)nc(-n3c4ccccc4c4ccc(-c5ccc6c7cccnc7n(-c7ccccc7)c6c5)cc43)c2)cc1.c1ccc(-c2cc(-n3c4ccccc4c4ccc(-c5ccc6c7cccnc7n(-c7ccccc7)c6c5)cc43)cc(-c3ccccc3)n2)cc1.c1ccc(-c2ncc(-n3c4ccccc4c4ccc(-c5ccc6c7cccnc7n(-c7ccccc7)c6c5)cc43)c(-c3ccccc3)n2)cc1. The third-order valence-corrected chi connectivity index (χ3v) is 29.2. The summed E-state index contributed by atoms with van der Waals surface area (Å²) in [7, 11) is 0. The van der Waals surface area contributed by atoms with Gasteiger partial charge in [0.1, 0.15) is 22.8 Å². The van der Waals surface area contributed by atoms with Crippen molar-refractivity contribution < 1.29 is 0 Å². The molecule has 0 saturated heterocycles. The molecule has 0 N–H and O–H groups in total. The highest BCUT2D eigenvalue weighted by Crippen LogP contribution is 2.46. The number of aromatic nitrogens is 13. The van der Waals surface area contributed by atoms with Crippen LogP contribution in [0.4, 0.5) is 0 Å². The predicted octanol–water partition coefficient (Wildman–Crippen LogP) is 34.4. The Morgan fingerprint density at radius 1 is 0.147 bits per heavy atom. The zero-order valence-corrected chi connectivity index (χ0v) is 81.2. The molecular weight excluding hydrogens is 1830 g/mol. The third kappa shape index (κ3) is 15.4. The van der Waals surface area contributed by atoms with E-state index in [0.29, 0.717) is 5.82 Å². The van der Waals surface area contributed by atoms with Crippen molar-refractivity contribution in [2.75, 3.05) is 0 Å². The van der Waals surface area contributed by atoms with E-state index in [-0.39, 0.29) is 0 Å². The minimum Gasteiger partial charge on any atom is -0.309 e. The molecule has 0 spiro atoms. The minimum atomic E-state index is 0.700. The van der Waals surface area contributed by atoms with Crippen molar-refractivity contribution in [3.8, 4) is 135 Å². The quantitative estimate of drug-likeness (QED) is 0.100. The molecule has 0 saturated carbocycles. The summed E-state index contributed by atoms with van der Waals surface area (Å²) in [4.78, 5) is 35.1. The van der Waals surface area contributed by atoms with Crippen molar-refractivity contribution in [2.24, 2.45) is 0 Å². The van der Waals surface area contributed by atoms with E-state index in [0.717, 1.165) is 212 Å². The first-order chi connectivity index (χ1) is 74.4. The molecule has 150 heavy (non-hydrogen) atoms. The maximum Gasteiger partial charge on any atom is 0.159 e. The number of para-hydroxylation sites is 6. The summed E-state index contributed by atoms with van der Waals surface area (Å²) in [5, 5.41) is 14.2. The number of hydrogen-bond donors (Lipinski definition) is 0. The predicted molar refractivity (Wildman–Crippen MR) is 619 cm³/mol. The van der Waals surface area contributed by atoms with E-state index in [1.165, 1.54) is 48.5 Å². The number of fused-ring (bicyclic) bond motifs is 18. The van der Waals surface area contributed by atoms with Crippen LogP contribution in [0.5, 0.6) is 0 Å². The van der Waals surface area contributed by atoms with Crippen LogP contribution in [-0.4, -0.2) is 62.3 Å². The topological polar surface area (TPSA) is 120 Å². The number of rotatable bonds is 15. The number of hydrogen-bond acceptors (Lipinski definition) is 7. The maximum atomic E-state index is 5.34. The Morgan fingerprint density at radius 2 is 0.427 bits per heavy atom. The molecule has 12 aromatic heterocycles. The Hall–Kier alpha value is -20.4. The van der Waals surface area contributed by atoms with E-state index in [2.05, 4.69) is 476 Å². The molecular formula is C137H89N13. The van der Waals surface area contributed by atoms with Gasteiger partial charge in [0.05, 0.1) is 90.0 Å². The van der Waals surface area contributed by atoms with Crippen LogP contribution in [0.25, 0.3) is 266 Å². The van der Waals surface area contributed by atoms with Crippen molar-refractivity contribution in [1.29, 1.82) is 0 Å². The summed E-state index contributed by atoms with van der Waals surface area (Å²) >= 11 is 0. The summed E-state index contributed by atoms with van der Waals surface area (Å²) in [6, 6.07) is 182. The van der Waals surface area contributed by atoms with Crippen LogP contribution < -0.4 is 0 Å². The molecule has 13 nitrogen and oxygen atoms in total. The van der Waals surface area contributed by atoms with Crippen molar-refractivity contribution in [3.63, 3.8) is 0 Å². The largest absolute Gasteiger partial charge is 0.309 e. The van der Waals surface area contributed by atoms with E-state index in [9.17, 15) is 0 Å². The Labute approximate surface area is 863 Å². The summed E-state index contributed by atoms with van der Waals surface area (Å²) in [6.07, 6.45) is 7.60. The molecule has 30 aromatic rings. The highest BCUT2D eigenvalue weighted by Gasteiger charge is 2.26. The zero-order chi connectivity index (χ0) is 99.1. The molecule has 702 valence electrons. The average Bonchev–Trinajstić information content (AvgIpc) is 1.59. The third-order valence-electron chi connectivity index (χ3n) is 29.2. The summed E-state index contributed by atoms with van der Waals surface area (Å²) in [5.41, 5.74) is 36.5. The van der Waals surface area contributed by atoms with Gasteiger partial charge in [-0.2, -0.15) is 0 Å². The van der Waals surface area contributed by atoms with Gasteiger partial charge in [0.15, 0.2) is 5.82 Å². The van der Waals surface area contributed by atoms with E-state index in [4.69, 9.17) is 34.9 Å². The van der Waals surface area contributed by atoms with Crippen molar-refractivity contribution >= 4 is 131 Å². The Morgan fingerprint density at radius 3 is 0.807 bits per heavy atom. The van der Waals surface area contributed by atoms with Crippen LogP contribution in [0.15, 0.2) is 540 Å². The fourth-order valence-corrected chi connectivity index (χ4v) is 22.2. The molecule has 18 aromatic carbocycles. The highest BCUT2D eigenvalue weighted by atomic mass is 15.1. The van der Waals surface area contributed by atoms with Gasteiger partial charge in [-0.3, -0.25) is 18.3 Å². The molecule has 0 aliphatic rings. The molecule has 0 aliphatic carbocycles. The molecule has 0 unspecified atom stereocenters. The molecule has 0 atom stereocenters. The highest BCUT2D eigenvalue weighted by molar-refractivity contribution is 6.16. The first-order valence-corrected chi connectivity index (χ1v) is 50.6. The molecule has 13 heteroatoms.